The summed E-state index contributed by atoms with van der Waals surface area (Å²) in [6, 6.07) is 24.2. The number of pyridine rings is 1. The summed E-state index contributed by atoms with van der Waals surface area (Å²) in [7, 11) is -0.849. The minimum atomic E-state index is -3.83. The minimum absolute atomic E-state index is 0.00607. The largest absolute Gasteiger partial charge is 0.383 e. The number of nitrogens with one attached hydrogen (secondary N) is 1. The molecular formula is C36H37FN4O5S. The highest BCUT2D eigenvalue weighted by Crippen LogP contribution is 2.37. The molecule has 0 aliphatic heterocycles. The van der Waals surface area contributed by atoms with Crippen molar-refractivity contribution in [2.24, 2.45) is 0 Å². The third-order valence-corrected chi connectivity index (χ3v) is 9.32. The second-order valence-electron chi connectivity index (χ2n) is 12.0. The van der Waals surface area contributed by atoms with Gasteiger partial charge in [0, 0.05) is 37.3 Å². The Balaban J connectivity index is 1.72. The molecule has 0 aliphatic carbocycles. The van der Waals surface area contributed by atoms with Gasteiger partial charge in [0.2, 0.25) is 10.0 Å². The van der Waals surface area contributed by atoms with Crippen molar-refractivity contribution in [3.8, 4) is 22.4 Å². The summed E-state index contributed by atoms with van der Waals surface area (Å²) in [5.74, 6) is -0.937. The number of rotatable bonds is 12. The molecule has 5 aromatic rings. The molecule has 3 aromatic carbocycles. The first-order valence-corrected chi connectivity index (χ1v) is 16.9. The number of carbonyl (C=O) groups excluding carboxylic acids is 2. The maximum atomic E-state index is 13.8. The summed E-state index contributed by atoms with van der Waals surface area (Å²) < 4.78 is 48.1. The molecule has 244 valence electrons. The maximum absolute atomic E-state index is 13.8. The van der Waals surface area contributed by atoms with Crippen molar-refractivity contribution in [1.82, 2.24) is 14.9 Å². The van der Waals surface area contributed by atoms with Gasteiger partial charge in [0.1, 0.15) is 11.5 Å². The predicted molar refractivity (Wildman–Crippen MR) is 182 cm³/mol. The van der Waals surface area contributed by atoms with Gasteiger partial charge in [0.15, 0.2) is 5.78 Å². The van der Waals surface area contributed by atoms with E-state index in [1.54, 1.807) is 36.5 Å². The molecule has 2 heterocycles. The summed E-state index contributed by atoms with van der Waals surface area (Å²) in [6.45, 7) is 4.16. The Morgan fingerprint density at radius 2 is 1.68 bits per heavy atom. The highest BCUT2D eigenvalue weighted by Gasteiger charge is 2.28. The number of hydrogen-bond donors (Lipinski definition) is 1. The van der Waals surface area contributed by atoms with Gasteiger partial charge in [0.05, 0.1) is 42.4 Å². The lowest BCUT2D eigenvalue weighted by molar-refractivity contribution is 0.0952. The van der Waals surface area contributed by atoms with Gasteiger partial charge in [-0.2, -0.15) is 5.10 Å². The van der Waals surface area contributed by atoms with Crippen LogP contribution in [-0.4, -0.2) is 63.3 Å². The van der Waals surface area contributed by atoms with E-state index in [2.05, 4.69) is 10.4 Å². The van der Waals surface area contributed by atoms with Crippen molar-refractivity contribution in [1.29, 1.82) is 0 Å². The number of benzene rings is 3. The van der Waals surface area contributed by atoms with E-state index in [-0.39, 0.29) is 36.6 Å². The molecule has 2 aromatic heterocycles. The number of anilines is 1. The van der Waals surface area contributed by atoms with Crippen LogP contribution in [0.5, 0.6) is 0 Å². The van der Waals surface area contributed by atoms with E-state index in [1.165, 1.54) is 47.2 Å². The van der Waals surface area contributed by atoms with E-state index in [9.17, 15) is 22.4 Å². The van der Waals surface area contributed by atoms with Crippen LogP contribution in [0.4, 0.5) is 10.1 Å². The van der Waals surface area contributed by atoms with Gasteiger partial charge >= 0.3 is 0 Å². The van der Waals surface area contributed by atoms with Gasteiger partial charge < -0.3 is 10.1 Å². The normalized spacial score (nSPS) is 11.9. The topological polar surface area (TPSA) is 110 Å². The second-order valence-corrected chi connectivity index (χ2v) is 13.9. The van der Waals surface area contributed by atoms with E-state index in [4.69, 9.17) is 4.74 Å². The number of carbonyl (C=O) groups is 2. The van der Waals surface area contributed by atoms with Gasteiger partial charge in [-0.1, -0.05) is 62.4 Å². The molecule has 0 bridgehead atoms. The molecule has 47 heavy (non-hydrogen) atoms. The molecule has 0 fully saturated rings. The standard InChI is InChI=1S/C36H37FN4O5S/c1-36(2,27-12-7-6-8-13-27)22-32(42)26-11-9-10-25(20-26)29-21-30-33(35(43)38-3)34(24-14-16-28(37)17-15-24)39-40(30)23-31(29)41(18-19-46-4)47(5,44)45/h6-17,20-21,23H,18-19,22H2,1-5H3,(H,38,43). The van der Waals surface area contributed by atoms with E-state index in [0.29, 0.717) is 33.5 Å². The molecule has 0 atom stereocenters. The monoisotopic (exact) mass is 656 g/mol. The van der Waals surface area contributed by atoms with Crippen LogP contribution < -0.4 is 9.62 Å². The van der Waals surface area contributed by atoms with Crippen LogP contribution in [0.25, 0.3) is 27.9 Å². The quantitative estimate of drug-likeness (QED) is 0.162. The fourth-order valence-corrected chi connectivity index (χ4v) is 6.57. The Labute approximate surface area is 274 Å². The van der Waals surface area contributed by atoms with Crippen molar-refractivity contribution in [2.75, 3.05) is 37.9 Å². The fourth-order valence-electron chi connectivity index (χ4n) is 5.66. The molecule has 0 saturated carbocycles. The van der Waals surface area contributed by atoms with Gasteiger partial charge in [-0.25, -0.2) is 17.3 Å². The van der Waals surface area contributed by atoms with Crippen molar-refractivity contribution in [3.63, 3.8) is 0 Å². The molecule has 0 unspecified atom stereocenters. The molecule has 0 spiro atoms. The van der Waals surface area contributed by atoms with Crippen LogP contribution in [0.2, 0.25) is 0 Å². The first-order chi connectivity index (χ1) is 22.3. The van der Waals surface area contributed by atoms with E-state index < -0.39 is 27.2 Å². The number of sulfonamides is 1. The third-order valence-electron chi connectivity index (χ3n) is 8.14. The van der Waals surface area contributed by atoms with Gasteiger partial charge in [0.25, 0.3) is 5.91 Å². The fraction of sp³-hybridized carbons (Fsp3) is 0.250. The van der Waals surface area contributed by atoms with Crippen LogP contribution in [-0.2, 0) is 20.2 Å². The third kappa shape index (κ3) is 7.11. The minimum Gasteiger partial charge on any atom is -0.383 e. The average molecular weight is 657 g/mol. The highest BCUT2D eigenvalue weighted by atomic mass is 32.2. The lowest BCUT2D eigenvalue weighted by Gasteiger charge is -2.26. The molecule has 0 radical (unpaired) electrons. The highest BCUT2D eigenvalue weighted by molar-refractivity contribution is 7.92. The zero-order valence-electron chi connectivity index (χ0n) is 27.0. The number of halogens is 1. The maximum Gasteiger partial charge on any atom is 0.255 e. The predicted octanol–water partition coefficient (Wildman–Crippen LogP) is 6.13. The first-order valence-electron chi connectivity index (χ1n) is 15.0. The van der Waals surface area contributed by atoms with E-state index >= 15 is 0 Å². The van der Waals surface area contributed by atoms with Gasteiger partial charge in [-0.3, -0.25) is 13.9 Å². The van der Waals surface area contributed by atoms with Gasteiger partial charge in [-0.15, -0.1) is 0 Å². The average Bonchev–Trinajstić information content (AvgIpc) is 3.42. The number of nitrogens with zero attached hydrogens (tertiary/aromatic N) is 3. The molecule has 9 nitrogen and oxygen atoms in total. The van der Waals surface area contributed by atoms with Crippen molar-refractivity contribution in [2.45, 2.75) is 25.7 Å². The van der Waals surface area contributed by atoms with Gasteiger partial charge in [-0.05, 0) is 52.9 Å². The second kappa shape index (κ2) is 13.5. The van der Waals surface area contributed by atoms with Crippen molar-refractivity contribution >= 4 is 32.9 Å². The number of Topliss-reactive ketones (excluding diaryl/α,β-unsaturated/α-hetero) is 1. The lowest BCUT2D eigenvalue weighted by atomic mass is 9.79. The Morgan fingerprint density at radius 1 is 0.979 bits per heavy atom. The molecule has 11 heteroatoms. The zero-order chi connectivity index (χ0) is 33.9. The van der Waals surface area contributed by atoms with Crippen LogP contribution in [0.15, 0.2) is 91.1 Å². The number of methoxy groups -OCH3 is 1. The molecule has 0 aliphatic rings. The summed E-state index contributed by atoms with van der Waals surface area (Å²) >= 11 is 0. The Morgan fingerprint density at radius 3 is 2.32 bits per heavy atom. The number of aromatic nitrogens is 2. The zero-order valence-corrected chi connectivity index (χ0v) is 27.8. The SMILES string of the molecule is CNC(=O)c1c(-c2ccc(F)cc2)nn2cc(N(CCOC)S(C)(=O)=O)c(-c3cccc(C(=O)CC(C)(C)c4ccccc4)c3)cc12. The summed E-state index contributed by atoms with van der Waals surface area (Å²) in [5, 5.41) is 7.32. The Kier molecular flexibility index (Phi) is 9.60. The van der Waals surface area contributed by atoms with E-state index in [0.717, 1.165) is 11.8 Å². The van der Waals surface area contributed by atoms with Crippen molar-refractivity contribution < 1.29 is 27.1 Å². The number of fused-ring (bicyclic) bond motifs is 1. The lowest BCUT2D eigenvalue weighted by Crippen LogP contribution is -2.33. The van der Waals surface area contributed by atoms with Crippen molar-refractivity contribution in [3.05, 3.63) is 114 Å². The summed E-state index contributed by atoms with van der Waals surface area (Å²) in [6.07, 6.45) is 2.90. The molecule has 1 N–H and O–H groups in total. The van der Waals surface area contributed by atoms with E-state index in [1.807, 2.05) is 44.2 Å². The smallest absolute Gasteiger partial charge is 0.255 e. The molecule has 5 rings (SSSR count). The Bertz CT molecular complexity index is 2040. The molecule has 0 saturated heterocycles. The number of amides is 1. The summed E-state index contributed by atoms with van der Waals surface area (Å²) in [5.41, 5.74) is 3.82. The van der Waals surface area contributed by atoms with Crippen LogP contribution in [0.1, 0.15) is 46.5 Å². The number of ketones is 1. The van der Waals surface area contributed by atoms with Crippen LogP contribution in [0, 0.1) is 5.82 Å². The van der Waals surface area contributed by atoms with Crippen LogP contribution >= 0.6 is 0 Å². The Hall–Kier alpha value is -4.87. The number of ether oxygens (including phenoxy) is 1. The molecule has 1 amide bonds. The first kappa shape index (κ1) is 33.5. The summed E-state index contributed by atoms with van der Waals surface area (Å²) in [4.78, 5) is 27.0. The number of hydrogen-bond acceptors (Lipinski definition) is 6. The van der Waals surface area contributed by atoms with Crippen LogP contribution in [0.3, 0.4) is 0 Å². The molecular weight excluding hydrogens is 619 g/mol.